The van der Waals surface area contributed by atoms with Gasteiger partial charge in [0.2, 0.25) is 0 Å². The minimum Gasteiger partial charge on any atom is -0.333 e. The van der Waals surface area contributed by atoms with E-state index in [1.54, 1.807) is 16.7 Å². The number of carbonyl (C=O) groups is 1. The van der Waals surface area contributed by atoms with E-state index < -0.39 is 0 Å². The number of nitrogens with zero attached hydrogens (tertiary/aromatic N) is 1. The second-order valence-corrected chi connectivity index (χ2v) is 7.11. The minimum atomic E-state index is -0.167. The van der Waals surface area contributed by atoms with E-state index in [0.717, 1.165) is 26.7 Å². The number of anilines is 2. The first-order valence-corrected chi connectivity index (χ1v) is 9.11. The molecule has 0 saturated heterocycles. The molecular weight excluding hydrogens is 352 g/mol. The molecule has 4 rings (SSSR count). The van der Waals surface area contributed by atoms with E-state index in [2.05, 4.69) is 5.32 Å². The highest BCUT2D eigenvalue weighted by Gasteiger charge is 2.27. The topological polar surface area (TPSA) is 32.3 Å². The van der Waals surface area contributed by atoms with Crippen LogP contribution in [0.4, 0.5) is 16.2 Å². The molecule has 0 aliphatic carbocycles. The van der Waals surface area contributed by atoms with E-state index in [0.29, 0.717) is 11.6 Å². The molecule has 3 aromatic rings. The van der Waals surface area contributed by atoms with Gasteiger partial charge in [0.15, 0.2) is 0 Å². The number of fused-ring (bicyclic) bond motifs is 2. The number of benzene rings is 3. The van der Waals surface area contributed by atoms with Gasteiger partial charge < -0.3 is 5.32 Å². The van der Waals surface area contributed by atoms with Crippen LogP contribution in [-0.4, -0.2) is 6.03 Å². The van der Waals surface area contributed by atoms with Crippen molar-refractivity contribution in [3.63, 3.8) is 0 Å². The van der Waals surface area contributed by atoms with Gasteiger partial charge in [0.25, 0.3) is 0 Å². The summed E-state index contributed by atoms with van der Waals surface area (Å²) in [5, 5.41) is 3.64. The van der Waals surface area contributed by atoms with Crippen molar-refractivity contribution in [2.24, 2.45) is 0 Å². The van der Waals surface area contributed by atoms with Crippen molar-refractivity contribution in [1.82, 2.24) is 5.32 Å². The number of carbonyl (C=O) groups excluding carboxylic acids is 1. The van der Waals surface area contributed by atoms with Crippen molar-refractivity contribution in [3.05, 3.63) is 83.4 Å². The fraction of sp³-hybridized carbons (Fsp3) is 0.0500. The Bertz CT molecular complexity index is 899. The van der Waals surface area contributed by atoms with Crippen molar-refractivity contribution in [2.45, 2.75) is 16.3 Å². The smallest absolute Gasteiger partial charge is 0.326 e. The van der Waals surface area contributed by atoms with Crippen LogP contribution < -0.4 is 10.2 Å². The molecule has 5 heteroatoms. The Morgan fingerprint density at radius 2 is 1.44 bits per heavy atom. The van der Waals surface area contributed by atoms with Crippen LogP contribution in [0.5, 0.6) is 0 Å². The lowest BCUT2D eigenvalue weighted by atomic mass is 10.2. The highest BCUT2D eigenvalue weighted by molar-refractivity contribution is 7.99. The molecule has 0 saturated carbocycles. The summed E-state index contributed by atoms with van der Waals surface area (Å²) in [4.78, 5) is 16.8. The Labute approximate surface area is 155 Å². The van der Waals surface area contributed by atoms with E-state index in [9.17, 15) is 4.79 Å². The average Bonchev–Trinajstić information content (AvgIpc) is 2.65. The molecule has 3 aromatic carbocycles. The summed E-state index contributed by atoms with van der Waals surface area (Å²) in [5.41, 5.74) is 2.68. The molecule has 124 valence electrons. The van der Waals surface area contributed by atoms with Crippen LogP contribution in [0, 0.1) is 0 Å². The van der Waals surface area contributed by atoms with Gasteiger partial charge in [-0.3, -0.25) is 4.90 Å². The van der Waals surface area contributed by atoms with Gasteiger partial charge in [-0.05, 0) is 35.9 Å². The first-order valence-electron chi connectivity index (χ1n) is 7.91. The normalized spacial score (nSPS) is 12.3. The maximum Gasteiger partial charge on any atom is 0.326 e. The molecule has 1 aliphatic heterocycles. The number of amides is 2. The van der Waals surface area contributed by atoms with E-state index in [1.165, 1.54) is 0 Å². The van der Waals surface area contributed by atoms with Gasteiger partial charge in [-0.1, -0.05) is 65.8 Å². The number of nitrogens with one attached hydrogen (secondary N) is 1. The van der Waals surface area contributed by atoms with Crippen LogP contribution in [0.1, 0.15) is 5.56 Å². The molecule has 1 heterocycles. The van der Waals surface area contributed by atoms with Gasteiger partial charge in [-0.2, -0.15) is 0 Å². The molecule has 1 aliphatic rings. The Hall–Kier alpha value is -2.43. The molecule has 0 radical (unpaired) electrons. The van der Waals surface area contributed by atoms with Gasteiger partial charge in [0, 0.05) is 21.4 Å². The third kappa shape index (κ3) is 3.11. The van der Waals surface area contributed by atoms with Crippen molar-refractivity contribution >= 4 is 40.8 Å². The largest absolute Gasteiger partial charge is 0.333 e. The van der Waals surface area contributed by atoms with Crippen LogP contribution in [0.2, 0.25) is 5.02 Å². The molecule has 0 atom stereocenters. The highest BCUT2D eigenvalue weighted by Crippen LogP contribution is 2.47. The van der Waals surface area contributed by atoms with Crippen LogP contribution in [0.15, 0.2) is 82.6 Å². The van der Waals surface area contributed by atoms with Crippen LogP contribution in [-0.2, 0) is 6.54 Å². The zero-order valence-electron chi connectivity index (χ0n) is 13.3. The Morgan fingerprint density at radius 1 is 0.880 bits per heavy atom. The number of rotatable bonds is 2. The molecule has 1 N–H and O–H groups in total. The van der Waals surface area contributed by atoms with Gasteiger partial charge in [-0.25, -0.2) is 4.79 Å². The lowest BCUT2D eigenvalue weighted by molar-refractivity contribution is 0.248. The molecule has 0 bridgehead atoms. The average molecular weight is 367 g/mol. The fourth-order valence-electron chi connectivity index (χ4n) is 2.82. The predicted octanol–water partition coefficient (Wildman–Crippen LogP) is 5.85. The number of halogens is 1. The minimum absolute atomic E-state index is 0.167. The van der Waals surface area contributed by atoms with Crippen molar-refractivity contribution in [3.8, 4) is 0 Å². The van der Waals surface area contributed by atoms with E-state index >= 15 is 0 Å². The summed E-state index contributed by atoms with van der Waals surface area (Å²) in [6.07, 6.45) is 0. The number of urea groups is 1. The van der Waals surface area contributed by atoms with E-state index in [-0.39, 0.29) is 6.03 Å². The summed E-state index contributed by atoms with van der Waals surface area (Å²) in [6, 6.07) is 23.2. The molecule has 0 unspecified atom stereocenters. The fourth-order valence-corrected chi connectivity index (χ4v) is 4.08. The summed E-state index contributed by atoms with van der Waals surface area (Å²) in [5.74, 6) is 0. The Morgan fingerprint density at radius 3 is 2.08 bits per heavy atom. The zero-order valence-corrected chi connectivity index (χ0v) is 14.8. The van der Waals surface area contributed by atoms with E-state index in [1.807, 2.05) is 72.8 Å². The van der Waals surface area contributed by atoms with Crippen LogP contribution in [0.25, 0.3) is 0 Å². The van der Waals surface area contributed by atoms with Crippen LogP contribution >= 0.6 is 23.4 Å². The second-order valence-electron chi connectivity index (χ2n) is 5.62. The Kier molecular flexibility index (Phi) is 4.38. The van der Waals surface area contributed by atoms with Crippen molar-refractivity contribution in [1.29, 1.82) is 0 Å². The maximum atomic E-state index is 13.0. The summed E-state index contributed by atoms with van der Waals surface area (Å²) >= 11 is 7.87. The van der Waals surface area contributed by atoms with Crippen molar-refractivity contribution < 1.29 is 4.79 Å². The molecule has 2 amide bonds. The van der Waals surface area contributed by atoms with Gasteiger partial charge in [-0.15, -0.1) is 0 Å². The summed E-state index contributed by atoms with van der Waals surface area (Å²) < 4.78 is 0. The zero-order chi connectivity index (χ0) is 17.2. The third-order valence-electron chi connectivity index (χ3n) is 4.02. The molecule has 0 fully saturated rings. The molecule has 0 spiro atoms. The van der Waals surface area contributed by atoms with Gasteiger partial charge in [0.1, 0.15) is 0 Å². The first-order chi connectivity index (χ1) is 12.2. The second kappa shape index (κ2) is 6.82. The van der Waals surface area contributed by atoms with E-state index in [4.69, 9.17) is 11.6 Å². The van der Waals surface area contributed by atoms with Gasteiger partial charge >= 0.3 is 6.03 Å². The summed E-state index contributed by atoms with van der Waals surface area (Å²) in [6.45, 7) is 0.381. The Balaban J connectivity index is 1.65. The number of hydrogen-bond acceptors (Lipinski definition) is 2. The summed E-state index contributed by atoms with van der Waals surface area (Å²) in [7, 11) is 0. The standard InChI is InChI=1S/C20H15ClN2OS/c21-15-8-2-1-7-14(15)13-22-20(24)23-16-9-3-5-11-18(16)25-19-12-6-4-10-17(19)23/h1-12H,13H2,(H,22,24). The molecule has 3 nitrogen and oxygen atoms in total. The van der Waals surface area contributed by atoms with Gasteiger partial charge in [0.05, 0.1) is 11.4 Å². The lowest BCUT2D eigenvalue weighted by Crippen LogP contribution is -2.37. The molecule has 0 aromatic heterocycles. The quantitative estimate of drug-likeness (QED) is 0.616. The van der Waals surface area contributed by atoms with Crippen LogP contribution in [0.3, 0.4) is 0 Å². The highest BCUT2D eigenvalue weighted by atomic mass is 35.5. The molecular formula is C20H15ClN2OS. The predicted molar refractivity (Wildman–Crippen MR) is 103 cm³/mol. The van der Waals surface area contributed by atoms with Crippen molar-refractivity contribution in [2.75, 3.05) is 4.90 Å². The molecule has 25 heavy (non-hydrogen) atoms. The monoisotopic (exact) mass is 366 g/mol. The number of para-hydroxylation sites is 2. The first kappa shape index (κ1) is 16.1. The SMILES string of the molecule is O=C(NCc1ccccc1Cl)N1c2ccccc2Sc2ccccc21. The third-order valence-corrected chi connectivity index (χ3v) is 5.52. The lowest BCUT2D eigenvalue weighted by Gasteiger charge is -2.31. The number of hydrogen-bond donors (Lipinski definition) is 1. The maximum absolute atomic E-state index is 13.0.